The van der Waals surface area contributed by atoms with Gasteiger partial charge in [-0.1, -0.05) is 6.07 Å². The van der Waals surface area contributed by atoms with Crippen LogP contribution in [-0.4, -0.2) is 19.8 Å². The van der Waals surface area contributed by atoms with Gasteiger partial charge in [-0.05, 0) is 30.5 Å². The molecular weight excluding hydrogens is 246 g/mol. The Kier molecular flexibility index (Phi) is 5.45. The second-order valence-corrected chi connectivity index (χ2v) is 5.17. The minimum absolute atomic E-state index is 0.237. The predicted octanol–water partition coefficient (Wildman–Crippen LogP) is 3.25. The molecular formula is C14H19NO2S. The topological polar surface area (TPSA) is 34.4 Å². The lowest BCUT2D eigenvalue weighted by atomic mass is 10.2. The number of nitrogens with one attached hydrogen (secondary N) is 1. The van der Waals surface area contributed by atoms with Crippen LogP contribution in [0, 0.1) is 0 Å². The summed E-state index contributed by atoms with van der Waals surface area (Å²) in [5.74, 6) is 0.966. The second-order valence-electron chi connectivity index (χ2n) is 4.13. The van der Waals surface area contributed by atoms with Gasteiger partial charge in [-0.25, -0.2) is 0 Å². The van der Waals surface area contributed by atoms with Crippen molar-refractivity contribution in [2.45, 2.75) is 19.4 Å². The Bertz CT molecular complexity index is 411. The molecule has 1 atom stereocenters. The fourth-order valence-corrected chi connectivity index (χ4v) is 2.41. The van der Waals surface area contributed by atoms with Gasteiger partial charge >= 0.3 is 0 Å². The van der Waals surface area contributed by atoms with Crippen LogP contribution in [0.1, 0.15) is 23.6 Å². The zero-order valence-corrected chi connectivity index (χ0v) is 11.4. The second kappa shape index (κ2) is 7.36. The number of rotatable bonds is 8. The molecule has 2 rings (SSSR count). The summed E-state index contributed by atoms with van der Waals surface area (Å²) in [5, 5.41) is 5.46. The molecule has 3 nitrogen and oxygen atoms in total. The lowest BCUT2D eigenvalue weighted by Gasteiger charge is -2.11. The number of hydrogen-bond acceptors (Lipinski definition) is 4. The lowest BCUT2D eigenvalue weighted by molar-refractivity contribution is 0.137. The average molecular weight is 265 g/mol. The maximum absolute atomic E-state index is 5.59. The lowest BCUT2D eigenvalue weighted by Crippen LogP contribution is -2.23. The Balaban J connectivity index is 1.51. The molecule has 0 bridgehead atoms. The van der Waals surface area contributed by atoms with Crippen molar-refractivity contribution in [3.8, 4) is 0 Å². The van der Waals surface area contributed by atoms with Gasteiger partial charge in [-0.15, -0.1) is 11.3 Å². The van der Waals surface area contributed by atoms with Crippen molar-refractivity contribution in [3.05, 3.63) is 46.5 Å². The van der Waals surface area contributed by atoms with E-state index in [9.17, 15) is 0 Å². The van der Waals surface area contributed by atoms with E-state index in [1.165, 1.54) is 4.88 Å². The van der Waals surface area contributed by atoms with Crippen LogP contribution in [-0.2, 0) is 11.2 Å². The minimum atomic E-state index is 0.237. The Morgan fingerprint density at radius 1 is 1.33 bits per heavy atom. The van der Waals surface area contributed by atoms with E-state index in [0.717, 1.165) is 31.9 Å². The van der Waals surface area contributed by atoms with Crippen LogP contribution in [0.2, 0.25) is 0 Å². The van der Waals surface area contributed by atoms with Gasteiger partial charge in [0, 0.05) is 17.8 Å². The van der Waals surface area contributed by atoms with Crippen LogP contribution in [0.4, 0.5) is 0 Å². The molecule has 0 aromatic carbocycles. The highest BCUT2D eigenvalue weighted by Crippen LogP contribution is 2.11. The van der Waals surface area contributed by atoms with Gasteiger partial charge < -0.3 is 14.5 Å². The molecule has 2 aromatic heterocycles. The molecule has 0 aliphatic carbocycles. The molecule has 2 aromatic rings. The summed E-state index contributed by atoms with van der Waals surface area (Å²) in [4.78, 5) is 1.38. The Hall–Kier alpha value is -1.10. The highest BCUT2D eigenvalue weighted by molar-refractivity contribution is 7.09. The average Bonchev–Trinajstić information content (AvgIpc) is 3.05. The summed E-state index contributed by atoms with van der Waals surface area (Å²) in [6.07, 6.45) is 2.70. The zero-order valence-electron chi connectivity index (χ0n) is 10.6. The Labute approximate surface area is 112 Å². The first-order chi connectivity index (χ1) is 8.86. The molecule has 18 heavy (non-hydrogen) atoms. The summed E-state index contributed by atoms with van der Waals surface area (Å²) in [6, 6.07) is 8.35. The third-order valence-corrected chi connectivity index (χ3v) is 3.68. The molecule has 1 N–H and O–H groups in total. The van der Waals surface area contributed by atoms with Gasteiger partial charge in [0.1, 0.15) is 5.76 Å². The van der Waals surface area contributed by atoms with Gasteiger partial charge in [-0.2, -0.15) is 0 Å². The monoisotopic (exact) mass is 265 g/mol. The van der Waals surface area contributed by atoms with Crippen molar-refractivity contribution in [2.75, 3.05) is 19.8 Å². The van der Waals surface area contributed by atoms with Crippen LogP contribution in [0.3, 0.4) is 0 Å². The predicted molar refractivity (Wildman–Crippen MR) is 74.0 cm³/mol. The summed E-state index contributed by atoms with van der Waals surface area (Å²) in [6.45, 7) is 4.45. The number of hydrogen-bond donors (Lipinski definition) is 1. The van der Waals surface area contributed by atoms with E-state index in [4.69, 9.17) is 9.15 Å². The molecule has 0 aliphatic heterocycles. The first-order valence-electron chi connectivity index (χ1n) is 6.23. The molecule has 0 saturated heterocycles. The summed E-state index contributed by atoms with van der Waals surface area (Å²) in [5.41, 5.74) is 0. The molecule has 98 valence electrons. The van der Waals surface area contributed by atoms with Crippen LogP contribution in [0.5, 0.6) is 0 Å². The van der Waals surface area contributed by atoms with Crippen molar-refractivity contribution in [1.29, 1.82) is 0 Å². The van der Waals surface area contributed by atoms with Gasteiger partial charge in [0.25, 0.3) is 0 Å². The standard InChI is InChI=1S/C14H19NO2S/c1-12(14-5-2-8-17-14)15-7-10-16-9-6-13-4-3-11-18-13/h2-5,8,11-12,15H,6-7,9-10H2,1H3. The largest absolute Gasteiger partial charge is 0.468 e. The maximum atomic E-state index is 5.59. The third-order valence-electron chi connectivity index (χ3n) is 2.74. The first-order valence-corrected chi connectivity index (χ1v) is 7.11. The highest BCUT2D eigenvalue weighted by Gasteiger charge is 2.06. The summed E-state index contributed by atoms with van der Waals surface area (Å²) < 4.78 is 10.9. The zero-order chi connectivity index (χ0) is 12.6. The van der Waals surface area contributed by atoms with Crippen molar-refractivity contribution < 1.29 is 9.15 Å². The molecule has 0 amide bonds. The SMILES string of the molecule is CC(NCCOCCc1cccs1)c1ccco1. The Morgan fingerprint density at radius 2 is 2.28 bits per heavy atom. The summed E-state index contributed by atoms with van der Waals surface area (Å²) >= 11 is 1.78. The van der Waals surface area contributed by atoms with Gasteiger partial charge in [0.2, 0.25) is 0 Å². The first kappa shape index (κ1) is 13.3. The van der Waals surface area contributed by atoms with E-state index in [1.807, 2.05) is 12.1 Å². The van der Waals surface area contributed by atoms with Gasteiger partial charge in [-0.3, -0.25) is 0 Å². The molecule has 0 aliphatic rings. The van der Waals surface area contributed by atoms with Crippen molar-refractivity contribution in [2.24, 2.45) is 0 Å². The van der Waals surface area contributed by atoms with E-state index in [2.05, 4.69) is 29.8 Å². The van der Waals surface area contributed by atoms with Gasteiger partial charge in [0.15, 0.2) is 0 Å². The van der Waals surface area contributed by atoms with E-state index in [-0.39, 0.29) is 6.04 Å². The normalized spacial score (nSPS) is 12.7. The maximum Gasteiger partial charge on any atom is 0.120 e. The summed E-state index contributed by atoms with van der Waals surface area (Å²) in [7, 11) is 0. The minimum Gasteiger partial charge on any atom is -0.468 e. The smallest absolute Gasteiger partial charge is 0.120 e. The van der Waals surface area contributed by atoms with E-state index >= 15 is 0 Å². The quantitative estimate of drug-likeness (QED) is 0.744. The highest BCUT2D eigenvalue weighted by atomic mass is 32.1. The molecule has 2 heterocycles. The third kappa shape index (κ3) is 4.29. The Morgan fingerprint density at radius 3 is 3.00 bits per heavy atom. The molecule has 4 heteroatoms. The van der Waals surface area contributed by atoms with Crippen molar-refractivity contribution in [1.82, 2.24) is 5.32 Å². The number of thiophene rings is 1. The number of furan rings is 1. The molecule has 0 radical (unpaired) electrons. The molecule has 1 unspecified atom stereocenters. The van der Waals surface area contributed by atoms with Crippen LogP contribution in [0.15, 0.2) is 40.3 Å². The van der Waals surface area contributed by atoms with E-state index in [0.29, 0.717) is 0 Å². The van der Waals surface area contributed by atoms with Crippen molar-refractivity contribution in [3.63, 3.8) is 0 Å². The van der Waals surface area contributed by atoms with Crippen LogP contribution >= 0.6 is 11.3 Å². The van der Waals surface area contributed by atoms with Gasteiger partial charge in [0.05, 0.1) is 25.5 Å². The molecule has 0 fully saturated rings. The fraction of sp³-hybridized carbons (Fsp3) is 0.429. The van der Waals surface area contributed by atoms with Crippen LogP contribution in [0.25, 0.3) is 0 Å². The molecule has 0 spiro atoms. The molecule has 0 saturated carbocycles. The van der Waals surface area contributed by atoms with Crippen LogP contribution < -0.4 is 5.32 Å². The van der Waals surface area contributed by atoms with Crippen molar-refractivity contribution >= 4 is 11.3 Å². The van der Waals surface area contributed by atoms with E-state index in [1.54, 1.807) is 17.6 Å². The fourth-order valence-electron chi connectivity index (χ4n) is 1.72. The number of ether oxygens (including phenoxy) is 1. The van der Waals surface area contributed by atoms with E-state index < -0.39 is 0 Å².